The maximum atomic E-state index is 11.9. The van der Waals surface area contributed by atoms with E-state index in [1.165, 1.54) is 18.2 Å². The van der Waals surface area contributed by atoms with Crippen molar-refractivity contribution in [2.45, 2.75) is 4.90 Å². The average Bonchev–Trinajstić information content (AvgIpc) is 2.02. The van der Waals surface area contributed by atoms with Crippen LogP contribution in [0.3, 0.4) is 0 Å². The van der Waals surface area contributed by atoms with E-state index in [0.29, 0.717) is 5.69 Å². The highest BCUT2D eigenvalue weighted by Gasteiger charge is 2.17. The number of nitrogens with two attached hydrogens (primary N) is 1. The molecule has 0 heterocycles. The van der Waals surface area contributed by atoms with E-state index in [4.69, 9.17) is 17.3 Å². The number of halogens is 2. The lowest BCUT2D eigenvalue weighted by molar-refractivity contribution is 0.517. The third kappa shape index (κ3) is 2.36. The van der Waals surface area contributed by atoms with Gasteiger partial charge < -0.3 is 5.73 Å². The van der Waals surface area contributed by atoms with E-state index in [9.17, 15) is 12.8 Å². The molecule has 0 aliphatic heterocycles. The molecule has 0 radical (unpaired) electrons. The van der Waals surface area contributed by atoms with Gasteiger partial charge in [-0.25, -0.2) is 12.8 Å². The molecule has 0 aromatic heterocycles. The molecule has 0 saturated carbocycles. The Balaban J connectivity index is 3.20. The lowest BCUT2D eigenvalue weighted by Gasteiger charge is -2.04. The largest absolute Gasteiger partial charge is 0.399 e. The fraction of sp³-hybridized carbons (Fsp3) is 0.250. The summed E-state index contributed by atoms with van der Waals surface area (Å²) in [4.78, 5) is -0.0778. The summed E-state index contributed by atoms with van der Waals surface area (Å²) in [5, 5.41) is 0.0263. The van der Waals surface area contributed by atoms with Gasteiger partial charge in [0.05, 0.1) is 15.7 Å². The van der Waals surface area contributed by atoms with Crippen molar-refractivity contribution in [1.82, 2.24) is 0 Å². The molecule has 0 saturated heterocycles. The van der Waals surface area contributed by atoms with Crippen LogP contribution in [0.1, 0.15) is 0 Å². The van der Waals surface area contributed by atoms with Crippen molar-refractivity contribution in [2.75, 3.05) is 18.2 Å². The number of nitrogen functional groups attached to an aromatic ring is 1. The minimum Gasteiger partial charge on any atom is -0.399 e. The van der Waals surface area contributed by atoms with Gasteiger partial charge in [0.1, 0.15) is 6.67 Å². The van der Waals surface area contributed by atoms with Crippen LogP contribution >= 0.6 is 11.6 Å². The van der Waals surface area contributed by atoms with Crippen molar-refractivity contribution in [3.8, 4) is 0 Å². The predicted octanol–water partition coefficient (Wildman–Crippen LogP) is 1.67. The summed E-state index contributed by atoms with van der Waals surface area (Å²) < 4.78 is 34.7. The summed E-state index contributed by atoms with van der Waals surface area (Å²) in [6, 6.07) is 4.02. The Bertz CT molecular complexity index is 433. The number of rotatable bonds is 3. The molecule has 2 N–H and O–H groups in total. The number of anilines is 1. The lowest BCUT2D eigenvalue weighted by atomic mass is 10.3. The first-order chi connectivity index (χ1) is 6.47. The normalized spacial score (nSPS) is 11.6. The Hall–Kier alpha value is -0.810. The zero-order valence-electron chi connectivity index (χ0n) is 7.20. The number of alkyl halides is 1. The molecule has 1 aromatic carbocycles. The molecule has 0 amide bonds. The first kappa shape index (κ1) is 11.3. The molecule has 1 rings (SSSR count). The first-order valence-electron chi connectivity index (χ1n) is 3.81. The highest BCUT2D eigenvalue weighted by atomic mass is 35.5. The summed E-state index contributed by atoms with van der Waals surface area (Å²) in [5.41, 5.74) is 5.76. The highest BCUT2D eigenvalue weighted by Crippen LogP contribution is 2.24. The van der Waals surface area contributed by atoms with Crippen LogP contribution in [0, 0.1) is 0 Å². The second-order valence-corrected chi connectivity index (χ2v) is 5.18. The van der Waals surface area contributed by atoms with Crippen molar-refractivity contribution in [2.24, 2.45) is 0 Å². The van der Waals surface area contributed by atoms with E-state index in [1.54, 1.807) is 0 Å². The van der Waals surface area contributed by atoms with Crippen molar-refractivity contribution in [1.29, 1.82) is 0 Å². The van der Waals surface area contributed by atoms with Crippen LogP contribution in [0.15, 0.2) is 23.1 Å². The zero-order valence-corrected chi connectivity index (χ0v) is 8.78. The Morgan fingerprint density at radius 1 is 1.43 bits per heavy atom. The van der Waals surface area contributed by atoms with Crippen LogP contribution in [0.5, 0.6) is 0 Å². The smallest absolute Gasteiger partial charge is 0.182 e. The van der Waals surface area contributed by atoms with Crippen LogP contribution < -0.4 is 5.73 Å². The Morgan fingerprint density at radius 3 is 2.57 bits per heavy atom. The van der Waals surface area contributed by atoms with Gasteiger partial charge in [-0.3, -0.25) is 0 Å². The SMILES string of the molecule is Nc1ccc(S(=O)(=O)CCF)c(Cl)c1. The summed E-state index contributed by atoms with van der Waals surface area (Å²) >= 11 is 5.67. The van der Waals surface area contributed by atoms with Gasteiger partial charge in [-0.05, 0) is 18.2 Å². The van der Waals surface area contributed by atoms with E-state index < -0.39 is 22.3 Å². The van der Waals surface area contributed by atoms with Crippen molar-refractivity contribution >= 4 is 27.1 Å². The summed E-state index contributed by atoms with van der Waals surface area (Å²) in [6.07, 6.45) is 0. The molecule has 0 fully saturated rings. The fourth-order valence-corrected chi connectivity index (χ4v) is 2.58. The second kappa shape index (κ2) is 4.14. The molecule has 0 aliphatic rings. The fourth-order valence-electron chi connectivity index (χ4n) is 0.981. The standard InChI is InChI=1S/C8H9ClFNO2S/c9-7-5-6(11)1-2-8(7)14(12,13)4-3-10/h1-2,5H,3-4,11H2. The Labute approximate surface area is 86.6 Å². The summed E-state index contributed by atoms with van der Waals surface area (Å²) in [6.45, 7) is -0.928. The van der Waals surface area contributed by atoms with E-state index in [0.717, 1.165) is 0 Å². The molecular formula is C8H9ClFNO2S. The second-order valence-electron chi connectivity index (χ2n) is 2.70. The van der Waals surface area contributed by atoms with E-state index >= 15 is 0 Å². The third-order valence-corrected chi connectivity index (χ3v) is 3.78. The van der Waals surface area contributed by atoms with E-state index in [-0.39, 0.29) is 9.92 Å². The van der Waals surface area contributed by atoms with E-state index in [1.807, 2.05) is 0 Å². The quantitative estimate of drug-likeness (QED) is 0.814. The molecule has 0 unspecified atom stereocenters. The minimum atomic E-state index is -3.62. The lowest BCUT2D eigenvalue weighted by Crippen LogP contribution is -2.09. The molecule has 0 aliphatic carbocycles. The molecule has 0 bridgehead atoms. The minimum absolute atomic E-state index is 0.0263. The number of benzene rings is 1. The predicted molar refractivity (Wildman–Crippen MR) is 53.9 cm³/mol. The molecular weight excluding hydrogens is 229 g/mol. The van der Waals surface area contributed by atoms with Crippen molar-refractivity contribution in [3.05, 3.63) is 23.2 Å². The first-order valence-corrected chi connectivity index (χ1v) is 5.84. The number of hydrogen-bond donors (Lipinski definition) is 1. The van der Waals surface area contributed by atoms with E-state index in [2.05, 4.69) is 0 Å². The van der Waals surface area contributed by atoms with Gasteiger partial charge in [-0.2, -0.15) is 0 Å². The van der Waals surface area contributed by atoms with Gasteiger partial charge in [-0.15, -0.1) is 0 Å². The van der Waals surface area contributed by atoms with Crippen LogP contribution in [-0.4, -0.2) is 20.8 Å². The topological polar surface area (TPSA) is 60.2 Å². The van der Waals surface area contributed by atoms with Gasteiger partial charge in [0.2, 0.25) is 0 Å². The van der Waals surface area contributed by atoms with Crippen LogP contribution in [0.25, 0.3) is 0 Å². The maximum Gasteiger partial charge on any atom is 0.182 e. The van der Waals surface area contributed by atoms with Crippen LogP contribution in [-0.2, 0) is 9.84 Å². The summed E-state index contributed by atoms with van der Waals surface area (Å²) in [7, 11) is -3.62. The third-order valence-electron chi connectivity index (χ3n) is 1.64. The Morgan fingerprint density at radius 2 is 2.07 bits per heavy atom. The van der Waals surface area contributed by atoms with Gasteiger partial charge in [0.25, 0.3) is 0 Å². The van der Waals surface area contributed by atoms with Crippen LogP contribution in [0.2, 0.25) is 5.02 Å². The maximum absolute atomic E-state index is 11.9. The molecule has 0 atom stereocenters. The van der Waals surface area contributed by atoms with Crippen molar-refractivity contribution < 1.29 is 12.8 Å². The number of sulfone groups is 1. The Kier molecular flexibility index (Phi) is 3.34. The molecule has 14 heavy (non-hydrogen) atoms. The summed E-state index contributed by atoms with van der Waals surface area (Å²) in [5.74, 6) is -0.559. The highest BCUT2D eigenvalue weighted by molar-refractivity contribution is 7.91. The van der Waals surface area contributed by atoms with Crippen LogP contribution in [0.4, 0.5) is 10.1 Å². The van der Waals surface area contributed by atoms with Gasteiger partial charge in [0.15, 0.2) is 9.84 Å². The number of hydrogen-bond acceptors (Lipinski definition) is 3. The molecule has 78 valence electrons. The molecule has 0 spiro atoms. The molecule has 3 nitrogen and oxygen atoms in total. The zero-order chi connectivity index (χ0) is 10.8. The molecule has 6 heteroatoms. The molecule has 1 aromatic rings. The van der Waals surface area contributed by atoms with Gasteiger partial charge >= 0.3 is 0 Å². The monoisotopic (exact) mass is 237 g/mol. The van der Waals surface area contributed by atoms with Gasteiger partial charge in [0, 0.05) is 5.69 Å². The van der Waals surface area contributed by atoms with Gasteiger partial charge in [-0.1, -0.05) is 11.6 Å². The van der Waals surface area contributed by atoms with Crippen molar-refractivity contribution in [3.63, 3.8) is 0 Å². The average molecular weight is 238 g/mol.